The van der Waals surface area contributed by atoms with E-state index in [1.165, 1.54) is 5.56 Å². The molecule has 1 atom stereocenters. The monoisotopic (exact) mass is 243 g/mol. The smallest absolute Gasteiger partial charge is 0.225 e. The average Bonchev–Trinajstić information content (AvgIpc) is 2.41. The minimum atomic E-state index is 0.289. The second-order valence-corrected chi connectivity index (χ2v) is 4.38. The second-order valence-electron chi connectivity index (χ2n) is 4.38. The van der Waals surface area contributed by atoms with Gasteiger partial charge in [0.2, 0.25) is 5.95 Å². The molecule has 1 aromatic heterocycles. The summed E-state index contributed by atoms with van der Waals surface area (Å²) >= 11 is 0. The standard InChI is InChI=1S/C14H17N3O/c1-11(10-12-4-6-13(18)7-5-12)17(2)14-15-8-3-9-16-14/h3-9,11,18H,10H2,1-2H3/t11-/m0/s1. The number of aromatic hydroxyl groups is 1. The van der Waals surface area contributed by atoms with E-state index in [0.29, 0.717) is 5.75 Å². The Hall–Kier alpha value is -2.10. The zero-order valence-electron chi connectivity index (χ0n) is 10.6. The minimum Gasteiger partial charge on any atom is -0.508 e. The van der Waals surface area contributed by atoms with E-state index in [9.17, 15) is 5.11 Å². The number of nitrogens with zero attached hydrogens (tertiary/aromatic N) is 3. The number of aromatic nitrogens is 2. The molecule has 0 spiro atoms. The lowest BCUT2D eigenvalue weighted by atomic mass is 10.1. The van der Waals surface area contributed by atoms with Gasteiger partial charge in [0.1, 0.15) is 5.75 Å². The maximum atomic E-state index is 9.25. The Kier molecular flexibility index (Phi) is 3.77. The molecule has 0 saturated carbocycles. The van der Waals surface area contributed by atoms with Crippen molar-refractivity contribution in [1.82, 2.24) is 9.97 Å². The van der Waals surface area contributed by atoms with Crippen molar-refractivity contribution >= 4 is 5.95 Å². The Morgan fingerprint density at radius 3 is 2.39 bits per heavy atom. The highest BCUT2D eigenvalue weighted by Crippen LogP contribution is 2.15. The molecule has 0 unspecified atom stereocenters. The van der Waals surface area contributed by atoms with Crippen LogP contribution in [-0.4, -0.2) is 28.2 Å². The van der Waals surface area contributed by atoms with E-state index < -0.39 is 0 Å². The molecule has 2 aromatic rings. The predicted octanol–water partition coefficient (Wildman–Crippen LogP) is 2.25. The topological polar surface area (TPSA) is 49.2 Å². The Bertz CT molecular complexity index is 484. The molecule has 4 nitrogen and oxygen atoms in total. The fraction of sp³-hybridized carbons (Fsp3) is 0.286. The molecule has 18 heavy (non-hydrogen) atoms. The van der Waals surface area contributed by atoms with E-state index in [-0.39, 0.29) is 6.04 Å². The molecule has 2 rings (SSSR count). The van der Waals surface area contributed by atoms with Gasteiger partial charge in [-0.15, -0.1) is 0 Å². The van der Waals surface area contributed by atoms with Gasteiger partial charge in [-0.25, -0.2) is 9.97 Å². The first-order valence-corrected chi connectivity index (χ1v) is 5.94. The van der Waals surface area contributed by atoms with Crippen LogP contribution in [0.2, 0.25) is 0 Å². The molecule has 0 aliphatic heterocycles. The van der Waals surface area contributed by atoms with Crippen molar-refractivity contribution in [1.29, 1.82) is 0 Å². The summed E-state index contributed by atoms with van der Waals surface area (Å²) in [4.78, 5) is 10.5. The van der Waals surface area contributed by atoms with Gasteiger partial charge in [0.25, 0.3) is 0 Å². The van der Waals surface area contributed by atoms with E-state index in [1.807, 2.05) is 30.1 Å². The van der Waals surface area contributed by atoms with Crippen molar-refractivity contribution in [2.24, 2.45) is 0 Å². The molecule has 1 aromatic carbocycles. The molecule has 94 valence electrons. The summed E-state index contributed by atoms with van der Waals surface area (Å²) in [6, 6.07) is 9.39. The lowest BCUT2D eigenvalue weighted by molar-refractivity contribution is 0.475. The van der Waals surface area contributed by atoms with Crippen LogP contribution in [0.5, 0.6) is 5.75 Å². The van der Waals surface area contributed by atoms with Crippen LogP contribution < -0.4 is 4.90 Å². The summed E-state index contributed by atoms with van der Waals surface area (Å²) in [7, 11) is 1.99. The Labute approximate surface area is 107 Å². The molecule has 0 fully saturated rings. The summed E-state index contributed by atoms with van der Waals surface area (Å²) in [5, 5.41) is 9.25. The van der Waals surface area contributed by atoms with E-state index in [2.05, 4.69) is 16.9 Å². The molecule has 0 bridgehead atoms. The molecule has 1 N–H and O–H groups in total. The van der Waals surface area contributed by atoms with Gasteiger partial charge in [-0.3, -0.25) is 0 Å². The largest absolute Gasteiger partial charge is 0.508 e. The number of rotatable bonds is 4. The van der Waals surface area contributed by atoms with Gasteiger partial charge in [0, 0.05) is 25.5 Å². The second kappa shape index (κ2) is 5.49. The first-order chi connectivity index (χ1) is 8.66. The molecular weight excluding hydrogens is 226 g/mol. The van der Waals surface area contributed by atoms with E-state index in [4.69, 9.17) is 0 Å². The third kappa shape index (κ3) is 2.97. The van der Waals surface area contributed by atoms with Gasteiger partial charge in [0.15, 0.2) is 0 Å². The van der Waals surface area contributed by atoms with Gasteiger partial charge < -0.3 is 10.0 Å². The fourth-order valence-electron chi connectivity index (χ4n) is 1.78. The lowest BCUT2D eigenvalue weighted by Crippen LogP contribution is -2.32. The molecule has 0 radical (unpaired) electrons. The van der Waals surface area contributed by atoms with Crippen LogP contribution in [0.15, 0.2) is 42.7 Å². The number of phenols is 1. The zero-order chi connectivity index (χ0) is 13.0. The summed E-state index contributed by atoms with van der Waals surface area (Å²) < 4.78 is 0. The number of hydrogen-bond donors (Lipinski definition) is 1. The maximum absolute atomic E-state index is 9.25. The molecule has 0 aliphatic rings. The van der Waals surface area contributed by atoms with Crippen LogP contribution in [-0.2, 0) is 6.42 Å². The molecule has 0 saturated heterocycles. The van der Waals surface area contributed by atoms with Gasteiger partial charge in [-0.05, 0) is 37.1 Å². The number of likely N-dealkylation sites (N-methyl/N-ethyl adjacent to an activating group) is 1. The van der Waals surface area contributed by atoms with Crippen LogP contribution in [0.25, 0.3) is 0 Å². The SMILES string of the molecule is C[C@@H](Cc1ccc(O)cc1)N(C)c1ncccn1. The summed E-state index contributed by atoms with van der Waals surface area (Å²) in [5.74, 6) is 1.02. The molecule has 4 heteroatoms. The number of hydrogen-bond acceptors (Lipinski definition) is 4. The molecule has 0 amide bonds. The Morgan fingerprint density at radius 2 is 1.78 bits per heavy atom. The van der Waals surface area contributed by atoms with Gasteiger partial charge >= 0.3 is 0 Å². The van der Waals surface area contributed by atoms with Crippen molar-refractivity contribution in [3.63, 3.8) is 0 Å². The van der Waals surface area contributed by atoms with Crippen LogP contribution in [0.4, 0.5) is 5.95 Å². The van der Waals surface area contributed by atoms with Gasteiger partial charge in [-0.2, -0.15) is 0 Å². The van der Waals surface area contributed by atoms with E-state index in [1.54, 1.807) is 24.5 Å². The predicted molar refractivity (Wildman–Crippen MR) is 71.7 cm³/mol. The number of benzene rings is 1. The first kappa shape index (κ1) is 12.4. The quantitative estimate of drug-likeness (QED) is 0.894. The van der Waals surface area contributed by atoms with Crippen molar-refractivity contribution in [2.45, 2.75) is 19.4 Å². The first-order valence-electron chi connectivity index (χ1n) is 5.94. The fourth-order valence-corrected chi connectivity index (χ4v) is 1.78. The normalized spacial score (nSPS) is 12.1. The average molecular weight is 243 g/mol. The van der Waals surface area contributed by atoms with Crippen LogP contribution >= 0.6 is 0 Å². The van der Waals surface area contributed by atoms with E-state index >= 15 is 0 Å². The van der Waals surface area contributed by atoms with Gasteiger partial charge in [0.05, 0.1) is 0 Å². The zero-order valence-corrected chi connectivity index (χ0v) is 10.6. The molecule has 0 aliphatic carbocycles. The third-order valence-corrected chi connectivity index (χ3v) is 3.00. The van der Waals surface area contributed by atoms with Crippen LogP contribution in [0.1, 0.15) is 12.5 Å². The van der Waals surface area contributed by atoms with Crippen molar-refractivity contribution in [3.8, 4) is 5.75 Å². The third-order valence-electron chi connectivity index (χ3n) is 3.00. The van der Waals surface area contributed by atoms with Crippen molar-refractivity contribution in [3.05, 3.63) is 48.3 Å². The highest BCUT2D eigenvalue weighted by Gasteiger charge is 2.12. The number of anilines is 1. The summed E-state index contributed by atoms with van der Waals surface area (Å²) in [6.45, 7) is 2.13. The minimum absolute atomic E-state index is 0.289. The van der Waals surface area contributed by atoms with Crippen LogP contribution in [0, 0.1) is 0 Å². The van der Waals surface area contributed by atoms with E-state index in [0.717, 1.165) is 12.4 Å². The Balaban J connectivity index is 2.03. The number of phenolic OH excluding ortho intramolecular Hbond substituents is 1. The highest BCUT2D eigenvalue weighted by molar-refractivity contribution is 5.31. The molecular formula is C14H17N3O. The van der Waals surface area contributed by atoms with Crippen LogP contribution in [0.3, 0.4) is 0 Å². The highest BCUT2D eigenvalue weighted by atomic mass is 16.3. The Morgan fingerprint density at radius 1 is 1.17 bits per heavy atom. The summed E-state index contributed by atoms with van der Waals surface area (Å²) in [6.07, 6.45) is 4.37. The van der Waals surface area contributed by atoms with Gasteiger partial charge in [-0.1, -0.05) is 12.1 Å². The van der Waals surface area contributed by atoms with Crippen molar-refractivity contribution in [2.75, 3.05) is 11.9 Å². The summed E-state index contributed by atoms with van der Waals surface area (Å²) in [5.41, 5.74) is 1.18. The molecule has 1 heterocycles. The van der Waals surface area contributed by atoms with Crippen molar-refractivity contribution < 1.29 is 5.11 Å². The maximum Gasteiger partial charge on any atom is 0.225 e. The lowest BCUT2D eigenvalue weighted by Gasteiger charge is -2.24.